The van der Waals surface area contributed by atoms with Gasteiger partial charge in [-0.25, -0.2) is 9.78 Å². The van der Waals surface area contributed by atoms with Crippen molar-refractivity contribution < 1.29 is 9.53 Å². The van der Waals surface area contributed by atoms with Crippen LogP contribution in [0.1, 0.15) is 30.1 Å². The van der Waals surface area contributed by atoms with E-state index in [1.54, 1.807) is 19.2 Å². The Balaban J connectivity index is 1.94. The first-order valence-electron chi connectivity index (χ1n) is 6.78. The van der Waals surface area contributed by atoms with E-state index in [1.807, 2.05) is 13.1 Å². The van der Waals surface area contributed by atoms with Gasteiger partial charge in [-0.05, 0) is 38.4 Å². The van der Waals surface area contributed by atoms with Crippen LogP contribution in [-0.2, 0) is 4.74 Å². The summed E-state index contributed by atoms with van der Waals surface area (Å²) in [6, 6.07) is 4.16. The number of nitrogens with zero attached hydrogens (tertiary/aromatic N) is 2. The number of carbonyl (C=O) groups excluding carboxylic acids is 1. The van der Waals surface area contributed by atoms with Crippen LogP contribution in [0, 0.1) is 0 Å². The van der Waals surface area contributed by atoms with E-state index in [0.717, 1.165) is 18.9 Å². The van der Waals surface area contributed by atoms with Crippen molar-refractivity contribution in [3.63, 3.8) is 0 Å². The molecule has 1 N–H and O–H groups in total. The molecular formula is C14H21N3O2. The minimum atomic E-state index is -0.318. The summed E-state index contributed by atoms with van der Waals surface area (Å²) >= 11 is 0. The van der Waals surface area contributed by atoms with Crippen LogP contribution in [0.25, 0.3) is 0 Å². The Morgan fingerprint density at radius 2 is 2.42 bits per heavy atom. The summed E-state index contributed by atoms with van der Waals surface area (Å²) in [5, 5.41) is 3.46. The van der Waals surface area contributed by atoms with Gasteiger partial charge in [0.2, 0.25) is 0 Å². The van der Waals surface area contributed by atoms with Crippen molar-refractivity contribution in [3.05, 3.63) is 23.9 Å². The first kappa shape index (κ1) is 13.8. The molecule has 1 fully saturated rings. The number of anilines is 1. The van der Waals surface area contributed by atoms with Crippen molar-refractivity contribution in [1.82, 2.24) is 10.3 Å². The molecule has 104 valence electrons. The summed E-state index contributed by atoms with van der Waals surface area (Å²) in [5.41, 5.74) is 0.498. The summed E-state index contributed by atoms with van der Waals surface area (Å²) in [6.45, 7) is 4.22. The monoisotopic (exact) mass is 263 g/mol. The topological polar surface area (TPSA) is 54.5 Å². The Kier molecular flexibility index (Phi) is 4.74. The molecule has 1 aliphatic heterocycles. The SMILES string of the molecule is CCOC(=O)c1ccc(N(C)CC2CCCN2)nc1. The molecule has 0 aromatic carbocycles. The Hall–Kier alpha value is -1.62. The molecule has 19 heavy (non-hydrogen) atoms. The molecule has 0 amide bonds. The van der Waals surface area contributed by atoms with Crippen molar-refractivity contribution in [2.24, 2.45) is 0 Å². The van der Waals surface area contributed by atoms with Crippen molar-refractivity contribution in [1.29, 1.82) is 0 Å². The number of rotatable bonds is 5. The van der Waals surface area contributed by atoms with E-state index in [2.05, 4.69) is 15.2 Å². The molecule has 0 radical (unpaired) electrons. The van der Waals surface area contributed by atoms with E-state index in [1.165, 1.54) is 12.8 Å². The van der Waals surface area contributed by atoms with Crippen LogP contribution in [-0.4, -0.2) is 43.7 Å². The summed E-state index contributed by atoms with van der Waals surface area (Å²) in [6.07, 6.45) is 4.03. The number of aromatic nitrogens is 1. The Morgan fingerprint density at radius 1 is 1.58 bits per heavy atom. The summed E-state index contributed by atoms with van der Waals surface area (Å²) in [7, 11) is 2.02. The van der Waals surface area contributed by atoms with Crippen LogP contribution in [0.15, 0.2) is 18.3 Å². The quantitative estimate of drug-likeness (QED) is 0.815. The van der Waals surface area contributed by atoms with Gasteiger partial charge in [-0.3, -0.25) is 0 Å². The zero-order valence-electron chi connectivity index (χ0n) is 11.6. The first-order valence-corrected chi connectivity index (χ1v) is 6.78. The Morgan fingerprint density at radius 3 is 3.00 bits per heavy atom. The highest BCUT2D eigenvalue weighted by Gasteiger charge is 2.17. The van der Waals surface area contributed by atoms with Crippen molar-refractivity contribution in [2.75, 3.05) is 31.6 Å². The van der Waals surface area contributed by atoms with E-state index in [-0.39, 0.29) is 5.97 Å². The third kappa shape index (κ3) is 3.67. The minimum Gasteiger partial charge on any atom is -0.462 e. The average Bonchev–Trinajstić information content (AvgIpc) is 2.92. The maximum absolute atomic E-state index is 11.5. The first-order chi connectivity index (χ1) is 9.20. The van der Waals surface area contributed by atoms with Crippen LogP contribution in [0.2, 0.25) is 0 Å². The molecule has 0 aliphatic carbocycles. The molecule has 0 saturated carbocycles. The molecule has 1 aliphatic rings. The van der Waals surface area contributed by atoms with Gasteiger partial charge in [-0.15, -0.1) is 0 Å². The van der Waals surface area contributed by atoms with Crippen LogP contribution in [0.4, 0.5) is 5.82 Å². The average molecular weight is 263 g/mol. The number of hydrogen-bond donors (Lipinski definition) is 1. The normalized spacial score (nSPS) is 18.3. The maximum atomic E-state index is 11.5. The molecule has 0 bridgehead atoms. The predicted octanol–water partition coefficient (Wildman–Crippen LogP) is 1.45. The van der Waals surface area contributed by atoms with Gasteiger partial charge in [-0.2, -0.15) is 0 Å². The lowest BCUT2D eigenvalue weighted by atomic mass is 10.2. The maximum Gasteiger partial charge on any atom is 0.339 e. The van der Waals surface area contributed by atoms with Gasteiger partial charge in [0.05, 0.1) is 12.2 Å². The summed E-state index contributed by atoms with van der Waals surface area (Å²) in [5.74, 6) is 0.559. The molecule has 0 spiro atoms. The number of nitrogens with one attached hydrogen (secondary N) is 1. The fourth-order valence-corrected chi connectivity index (χ4v) is 2.28. The highest BCUT2D eigenvalue weighted by molar-refractivity contribution is 5.89. The molecule has 5 heteroatoms. The van der Waals surface area contributed by atoms with Gasteiger partial charge in [0.25, 0.3) is 0 Å². The number of carbonyl (C=O) groups is 1. The molecule has 1 atom stereocenters. The highest BCUT2D eigenvalue weighted by atomic mass is 16.5. The van der Waals surface area contributed by atoms with E-state index in [9.17, 15) is 4.79 Å². The molecular weight excluding hydrogens is 242 g/mol. The minimum absolute atomic E-state index is 0.318. The van der Waals surface area contributed by atoms with Gasteiger partial charge in [-0.1, -0.05) is 0 Å². The summed E-state index contributed by atoms with van der Waals surface area (Å²) in [4.78, 5) is 17.9. The van der Waals surface area contributed by atoms with Crippen LogP contribution in [0.5, 0.6) is 0 Å². The number of likely N-dealkylation sites (N-methyl/N-ethyl adjacent to an activating group) is 1. The molecule has 1 saturated heterocycles. The lowest BCUT2D eigenvalue weighted by Gasteiger charge is -2.22. The zero-order chi connectivity index (χ0) is 13.7. The Labute approximate surface area is 114 Å². The smallest absolute Gasteiger partial charge is 0.339 e. The Bertz CT molecular complexity index is 413. The highest BCUT2D eigenvalue weighted by Crippen LogP contribution is 2.13. The third-order valence-electron chi connectivity index (χ3n) is 3.31. The van der Waals surface area contributed by atoms with Crippen LogP contribution in [0.3, 0.4) is 0 Å². The van der Waals surface area contributed by atoms with E-state index in [4.69, 9.17) is 4.74 Å². The second-order valence-electron chi connectivity index (χ2n) is 4.80. The van der Waals surface area contributed by atoms with Crippen molar-refractivity contribution >= 4 is 11.8 Å². The van der Waals surface area contributed by atoms with Gasteiger partial charge in [0, 0.05) is 25.8 Å². The van der Waals surface area contributed by atoms with E-state index < -0.39 is 0 Å². The lowest BCUT2D eigenvalue weighted by molar-refractivity contribution is 0.0526. The number of ether oxygens (including phenoxy) is 1. The van der Waals surface area contributed by atoms with Gasteiger partial charge >= 0.3 is 5.97 Å². The molecule has 1 aromatic rings. The fraction of sp³-hybridized carbons (Fsp3) is 0.571. The molecule has 1 unspecified atom stereocenters. The molecule has 1 aromatic heterocycles. The van der Waals surface area contributed by atoms with Gasteiger partial charge in [0.1, 0.15) is 5.82 Å². The van der Waals surface area contributed by atoms with E-state index >= 15 is 0 Å². The van der Waals surface area contributed by atoms with Crippen molar-refractivity contribution in [2.45, 2.75) is 25.8 Å². The number of pyridine rings is 1. The lowest BCUT2D eigenvalue weighted by Crippen LogP contribution is -2.35. The second kappa shape index (κ2) is 6.52. The second-order valence-corrected chi connectivity index (χ2v) is 4.80. The zero-order valence-corrected chi connectivity index (χ0v) is 11.6. The molecule has 2 rings (SSSR count). The summed E-state index contributed by atoms with van der Waals surface area (Å²) < 4.78 is 4.93. The number of hydrogen-bond acceptors (Lipinski definition) is 5. The third-order valence-corrected chi connectivity index (χ3v) is 3.31. The standard InChI is InChI=1S/C14H21N3O2/c1-3-19-14(18)11-6-7-13(16-9-11)17(2)10-12-5-4-8-15-12/h6-7,9,12,15H,3-5,8,10H2,1-2H3. The molecule has 5 nitrogen and oxygen atoms in total. The van der Waals surface area contributed by atoms with Gasteiger partial charge in [0.15, 0.2) is 0 Å². The molecule has 2 heterocycles. The van der Waals surface area contributed by atoms with Gasteiger partial charge < -0.3 is 15.0 Å². The largest absolute Gasteiger partial charge is 0.462 e. The predicted molar refractivity (Wildman–Crippen MR) is 74.5 cm³/mol. The number of esters is 1. The van der Waals surface area contributed by atoms with Crippen molar-refractivity contribution in [3.8, 4) is 0 Å². The van der Waals surface area contributed by atoms with E-state index in [0.29, 0.717) is 18.2 Å². The fourth-order valence-electron chi connectivity index (χ4n) is 2.28. The van der Waals surface area contributed by atoms with Crippen LogP contribution < -0.4 is 10.2 Å². The van der Waals surface area contributed by atoms with Crippen LogP contribution >= 0.6 is 0 Å².